The van der Waals surface area contributed by atoms with Crippen molar-refractivity contribution in [1.82, 2.24) is 0 Å². The van der Waals surface area contributed by atoms with Crippen LogP contribution in [0.25, 0.3) is 0 Å². The molecule has 0 saturated heterocycles. The number of hydrogen-bond donors (Lipinski definition) is 1. The number of nitriles is 1. The van der Waals surface area contributed by atoms with Crippen LogP contribution < -0.4 is 0 Å². The molecule has 1 fully saturated rings. The second kappa shape index (κ2) is 7.28. The van der Waals surface area contributed by atoms with Crippen LogP contribution in [0.2, 0.25) is 0 Å². The molecule has 2 atom stereocenters. The average Bonchev–Trinajstić information content (AvgIpc) is 2.49. The summed E-state index contributed by atoms with van der Waals surface area (Å²) < 4.78 is 5.85. The first kappa shape index (κ1) is 14.0. The average molecular weight is 259 g/mol. The van der Waals surface area contributed by atoms with E-state index in [1.807, 2.05) is 36.4 Å². The van der Waals surface area contributed by atoms with E-state index in [4.69, 9.17) is 10.00 Å². The second-order valence-electron chi connectivity index (χ2n) is 5.23. The highest BCUT2D eigenvalue weighted by atomic mass is 16.5. The summed E-state index contributed by atoms with van der Waals surface area (Å²) >= 11 is 0. The Kier molecular flexibility index (Phi) is 5.38. The largest absolute Gasteiger partial charge is 0.375 e. The number of aliphatic hydroxyl groups is 1. The fourth-order valence-corrected chi connectivity index (χ4v) is 2.79. The Hall–Kier alpha value is -1.37. The lowest BCUT2D eigenvalue weighted by Crippen LogP contribution is -2.36. The van der Waals surface area contributed by atoms with E-state index in [9.17, 15) is 5.11 Å². The van der Waals surface area contributed by atoms with Crippen molar-refractivity contribution >= 4 is 0 Å². The molecule has 0 aromatic heterocycles. The van der Waals surface area contributed by atoms with Crippen molar-refractivity contribution in [1.29, 1.82) is 5.26 Å². The van der Waals surface area contributed by atoms with Crippen LogP contribution in [-0.2, 0) is 11.3 Å². The van der Waals surface area contributed by atoms with Crippen molar-refractivity contribution in [2.45, 2.75) is 50.9 Å². The first-order chi connectivity index (χ1) is 9.31. The number of benzene rings is 1. The Morgan fingerprint density at radius 2 is 1.89 bits per heavy atom. The summed E-state index contributed by atoms with van der Waals surface area (Å²) in [6.45, 7) is 0.459. The van der Waals surface area contributed by atoms with Crippen LogP contribution in [0.5, 0.6) is 0 Å². The molecule has 0 unspecified atom stereocenters. The first-order valence-corrected chi connectivity index (χ1v) is 7.04. The number of aliphatic hydroxyl groups excluding tert-OH is 1. The van der Waals surface area contributed by atoms with Gasteiger partial charge in [-0.15, -0.1) is 0 Å². The van der Waals surface area contributed by atoms with Crippen LogP contribution in [-0.4, -0.2) is 17.3 Å². The molecule has 0 aliphatic heterocycles. The van der Waals surface area contributed by atoms with Crippen LogP contribution in [0.4, 0.5) is 0 Å². The van der Waals surface area contributed by atoms with Crippen molar-refractivity contribution in [2.24, 2.45) is 5.92 Å². The maximum atomic E-state index is 9.86. The highest BCUT2D eigenvalue weighted by Gasteiger charge is 2.30. The Labute approximate surface area is 114 Å². The van der Waals surface area contributed by atoms with Gasteiger partial charge in [-0.2, -0.15) is 5.26 Å². The van der Waals surface area contributed by atoms with E-state index in [1.165, 1.54) is 19.3 Å². The van der Waals surface area contributed by atoms with E-state index in [1.54, 1.807) is 0 Å². The summed E-state index contributed by atoms with van der Waals surface area (Å²) in [5.74, 6) is 0.312. The Morgan fingerprint density at radius 1 is 1.21 bits per heavy atom. The predicted molar refractivity (Wildman–Crippen MR) is 73.2 cm³/mol. The molecule has 0 spiro atoms. The zero-order valence-electron chi connectivity index (χ0n) is 11.2. The van der Waals surface area contributed by atoms with Crippen LogP contribution in [0.1, 0.15) is 37.7 Å². The van der Waals surface area contributed by atoms with Gasteiger partial charge >= 0.3 is 0 Å². The molecular weight excluding hydrogens is 238 g/mol. The summed E-state index contributed by atoms with van der Waals surface area (Å²) in [5.41, 5.74) is 1.08. The monoisotopic (exact) mass is 259 g/mol. The topological polar surface area (TPSA) is 53.2 Å². The summed E-state index contributed by atoms with van der Waals surface area (Å²) in [6.07, 6.45) is 4.33. The molecule has 0 heterocycles. The predicted octanol–water partition coefficient (Wildman–Crippen LogP) is 3.04. The van der Waals surface area contributed by atoms with Crippen molar-refractivity contribution in [2.75, 3.05) is 0 Å². The van der Waals surface area contributed by atoms with Crippen LogP contribution in [0.3, 0.4) is 0 Å². The lowest BCUT2D eigenvalue weighted by atomic mass is 9.83. The smallest absolute Gasteiger partial charge is 0.166 e. The van der Waals surface area contributed by atoms with Crippen LogP contribution >= 0.6 is 0 Å². The molecule has 1 aromatic rings. The van der Waals surface area contributed by atoms with Gasteiger partial charge in [0.05, 0.1) is 12.7 Å². The molecule has 1 saturated carbocycles. The second-order valence-corrected chi connectivity index (χ2v) is 5.23. The Balaban J connectivity index is 1.96. The molecule has 0 bridgehead atoms. The minimum atomic E-state index is -1.02. The maximum Gasteiger partial charge on any atom is 0.166 e. The van der Waals surface area contributed by atoms with E-state index in [0.29, 0.717) is 12.5 Å². The lowest BCUT2D eigenvalue weighted by Gasteiger charge is -2.31. The third kappa shape index (κ3) is 4.05. The van der Waals surface area contributed by atoms with E-state index in [2.05, 4.69) is 0 Å². The van der Waals surface area contributed by atoms with Crippen LogP contribution in [0.15, 0.2) is 30.3 Å². The van der Waals surface area contributed by atoms with E-state index in [-0.39, 0.29) is 6.10 Å². The lowest BCUT2D eigenvalue weighted by molar-refractivity contribution is -0.0648. The van der Waals surface area contributed by atoms with Gasteiger partial charge in [-0.25, -0.2) is 0 Å². The Bertz CT molecular complexity index is 407. The molecule has 2 rings (SSSR count). The minimum absolute atomic E-state index is 0.312. The van der Waals surface area contributed by atoms with E-state index < -0.39 is 6.10 Å². The zero-order chi connectivity index (χ0) is 13.5. The minimum Gasteiger partial charge on any atom is -0.375 e. The molecule has 1 aliphatic carbocycles. The van der Waals surface area contributed by atoms with Crippen molar-refractivity contribution in [3.8, 4) is 6.07 Å². The van der Waals surface area contributed by atoms with Crippen molar-refractivity contribution in [3.05, 3.63) is 35.9 Å². The molecule has 3 nitrogen and oxygen atoms in total. The van der Waals surface area contributed by atoms with Gasteiger partial charge in [-0.1, -0.05) is 49.6 Å². The van der Waals surface area contributed by atoms with Gasteiger partial charge in [0, 0.05) is 0 Å². The van der Waals surface area contributed by atoms with Crippen molar-refractivity contribution in [3.63, 3.8) is 0 Å². The normalized spacial score (nSPS) is 19.6. The molecular formula is C16H21NO2. The SMILES string of the molecule is N#C[C@@H](O)[C@H](OCc1ccccc1)C1CCCCC1. The standard InChI is InChI=1S/C16H21NO2/c17-11-15(18)16(14-9-5-2-6-10-14)19-12-13-7-3-1-4-8-13/h1,3-4,7-8,14-16,18H,2,5-6,9-10,12H2/t15-,16-/m1/s1. The highest BCUT2D eigenvalue weighted by molar-refractivity contribution is 5.13. The van der Waals surface area contributed by atoms with E-state index >= 15 is 0 Å². The van der Waals surface area contributed by atoms with Gasteiger partial charge in [0.25, 0.3) is 0 Å². The van der Waals surface area contributed by atoms with Gasteiger partial charge in [0.1, 0.15) is 6.10 Å². The fraction of sp³-hybridized carbons (Fsp3) is 0.562. The third-order valence-corrected chi connectivity index (χ3v) is 3.84. The van der Waals surface area contributed by atoms with Gasteiger partial charge in [0.2, 0.25) is 0 Å². The third-order valence-electron chi connectivity index (χ3n) is 3.84. The molecule has 1 aromatic carbocycles. The molecule has 0 radical (unpaired) electrons. The quantitative estimate of drug-likeness (QED) is 0.827. The molecule has 0 amide bonds. The zero-order valence-corrected chi connectivity index (χ0v) is 11.2. The molecule has 1 N–H and O–H groups in total. The summed E-state index contributed by atoms with van der Waals surface area (Å²) in [5, 5.41) is 18.8. The van der Waals surface area contributed by atoms with Gasteiger partial charge in [-0.3, -0.25) is 0 Å². The molecule has 1 aliphatic rings. The number of rotatable bonds is 5. The molecule has 102 valence electrons. The van der Waals surface area contributed by atoms with Gasteiger partial charge in [0.15, 0.2) is 6.10 Å². The Morgan fingerprint density at radius 3 is 2.53 bits per heavy atom. The van der Waals surface area contributed by atoms with Crippen molar-refractivity contribution < 1.29 is 9.84 Å². The number of hydrogen-bond acceptors (Lipinski definition) is 3. The summed E-state index contributed by atoms with van der Waals surface area (Å²) in [4.78, 5) is 0. The van der Waals surface area contributed by atoms with Gasteiger partial charge < -0.3 is 9.84 Å². The summed E-state index contributed by atoms with van der Waals surface area (Å²) in [6, 6.07) is 11.8. The fourth-order valence-electron chi connectivity index (χ4n) is 2.79. The number of ether oxygens (including phenoxy) is 1. The maximum absolute atomic E-state index is 9.86. The van der Waals surface area contributed by atoms with Crippen LogP contribution in [0, 0.1) is 17.2 Å². The highest BCUT2D eigenvalue weighted by Crippen LogP contribution is 2.30. The summed E-state index contributed by atoms with van der Waals surface area (Å²) in [7, 11) is 0. The first-order valence-electron chi connectivity index (χ1n) is 7.04. The van der Waals surface area contributed by atoms with E-state index in [0.717, 1.165) is 18.4 Å². The van der Waals surface area contributed by atoms with Gasteiger partial charge in [-0.05, 0) is 24.3 Å². The molecule has 19 heavy (non-hydrogen) atoms. The molecule has 3 heteroatoms. The number of nitrogens with zero attached hydrogens (tertiary/aromatic N) is 1.